The first-order chi connectivity index (χ1) is 11.2. The summed E-state index contributed by atoms with van der Waals surface area (Å²) in [5.74, 6) is 0.613. The Balaban J connectivity index is 1.60. The molecule has 3 aromatic rings. The Bertz CT molecular complexity index is 854. The van der Waals surface area contributed by atoms with Crippen LogP contribution in [0.15, 0.2) is 36.5 Å². The van der Waals surface area contributed by atoms with E-state index in [1.54, 1.807) is 16.6 Å². The lowest BCUT2D eigenvalue weighted by atomic mass is 10.2. The van der Waals surface area contributed by atoms with E-state index >= 15 is 0 Å². The molecule has 1 saturated heterocycles. The SMILES string of the molecule is Cn1nnnc1C1CN(C(=O)c2ccc3ccccn23)CCO1. The minimum Gasteiger partial charge on any atom is -0.366 e. The molecule has 0 N–H and O–H groups in total. The second-order valence-electron chi connectivity index (χ2n) is 5.49. The third-order valence-corrected chi connectivity index (χ3v) is 4.08. The molecule has 1 aliphatic rings. The number of tetrazole rings is 1. The molecule has 8 heteroatoms. The minimum absolute atomic E-state index is 0.0142. The summed E-state index contributed by atoms with van der Waals surface area (Å²) in [6.45, 7) is 1.46. The summed E-state index contributed by atoms with van der Waals surface area (Å²) in [4.78, 5) is 14.7. The number of ether oxygens (including phenoxy) is 1. The molecule has 1 fully saturated rings. The number of aryl methyl sites for hydroxylation is 1. The van der Waals surface area contributed by atoms with Crippen molar-refractivity contribution >= 4 is 11.4 Å². The number of hydrogen-bond donors (Lipinski definition) is 0. The van der Waals surface area contributed by atoms with Gasteiger partial charge in [-0.2, -0.15) is 0 Å². The van der Waals surface area contributed by atoms with Crippen LogP contribution < -0.4 is 0 Å². The zero-order valence-corrected chi connectivity index (χ0v) is 12.7. The van der Waals surface area contributed by atoms with Crippen molar-refractivity contribution in [1.29, 1.82) is 0 Å². The first-order valence-electron chi connectivity index (χ1n) is 7.43. The molecule has 0 radical (unpaired) electrons. The number of aromatic nitrogens is 5. The van der Waals surface area contributed by atoms with Gasteiger partial charge in [-0.1, -0.05) is 6.07 Å². The lowest BCUT2D eigenvalue weighted by molar-refractivity contribution is -0.0286. The third-order valence-electron chi connectivity index (χ3n) is 4.08. The van der Waals surface area contributed by atoms with E-state index in [-0.39, 0.29) is 12.0 Å². The average Bonchev–Trinajstić information content (AvgIpc) is 3.20. The highest BCUT2D eigenvalue weighted by atomic mass is 16.5. The number of hydrogen-bond acceptors (Lipinski definition) is 5. The molecule has 1 aliphatic heterocycles. The van der Waals surface area contributed by atoms with Gasteiger partial charge in [0.15, 0.2) is 5.82 Å². The molecule has 0 aromatic carbocycles. The van der Waals surface area contributed by atoms with Crippen molar-refractivity contribution in [3.8, 4) is 0 Å². The Hall–Kier alpha value is -2.74. The van der Waals surface area contributed by atoms with Gasteiger partial charge in [-0.15, -0.1) is 5.10 Å². The molecule has 1 unspecified atom stereocenters. The molecular weight excluding hydrogens is 296 g/mol. The molecule has 4 rings (SSSR count). The molecule has 3 aromatic heterocycles. The monoisotopic (exact) mass is 312 g/mol. The summed E-state index contributed by atoms with van der Waals surface area (Å²) >= 11 is 0. The van der Waals surface area contributed by atoms with E-state index in [9.17, 15) is 4.79 Å². The Labute approximate surface area is 132 Å². The standard InChI is InChI=1S/C15H16N6O2/c1-19-14(16-17-18-19)13-10-20(8-9-23-13)15(22)12-6-5-11-4-2-3-7-21(11)12/h2-7,13H,8-10H2,1H3. The van der Waals surface area contributed by atoms with Gasteiger partial charge >= 0.3 is 0 Å². The smallest absolute Gasteiger partial charge is 0.271 e. The third kappa shape index (κ3) is 2.36. The Morgan fingerprint density at radius 2 is 2.22 bits per heavy atom. The largest absolute Gasteiger partial charge is 0.366 e. The number of morpholine rings is 1. The van der Waals surface area contributed by atoms with Crippen LogP contribution in [0.2, 0.25) is 0 Å². The van der Waals surface area contributed by atoms with Crippen molar-refractivity contribution in [2.24, 2.45) is 7.05 Å². The molecule has 118 valence electrons. The van der Waals surface area contributed by atoms with E-state index in [1.807, 2.05) is 40.9 Å². The topological polar surface area (TPSA) is 77.6 Å². The van der Waals surface area contributed by atoms with Gasteiger partial charge in [0, 0.05) is 25.3 Å². The Kier molecular flexibility index (Phi) is 3.30. The highest BCUT2D eigenvalue weighted by Gasteiger charge is 2.30. The maximum absolute atomic E-state index is 12.9. The summed E-state index contributed by atoms with van der Waals surface area (Å²) in [5.41, 5.74) is 1.65. The molecule has 23 heavy (non-hydrogen) atoms. The van der Waals surface area contributed by atoms with Crippen LogP contribution in [0.3, 0.4) is 0 Å². The van der Waals surface area contributed by atoms with Gasteiger partial charge in [0.05, 0.1) is 13.2 Å². The van der Waals surface area contributed by atoms with E-state index in [0.717, 1.165) is 5.52 Å². The van der Waals surface area contributed by atoms with Gasteiger partial charge < -0.3 is 14.0 Å². The quantitative estimate of drug-likeness (QED) is 0.695. The molecule has 0 saturated carbocycles. The molecule has 0 spiro atoms. The predicted octanol–water partition coefficient (Wildman–Crippen LogP) is 0.676. The summed E-state index contributed by atoms with van der Waals surface area (Å²) in [6, 6.07) is 9.64. The van der Waals surface area contributed by atoms with Gasteiger partial charge in [0.25, 0.3) is 5.91 Å². The van der Waals surface area contributed by atoms with Crippen LogP contribution in [-0.2, 0) is 11.8 Å². The van der Waals surface area contributed by atoms with Crippen LogP contribution in [0.25, 0.3) is 5.52 Å². The Morgan fingerprint density at radius 3 is 3.04 bits per heavy atom. The maximum atomic E-state index is 12.9. The summed E-state index contributed by atoms with van der Waals surface area (Å²) in [5, 5.41) is 11.4. The van der Waals surface area contributed by atoms with Crippen LogP contribution in [0, 0.1) is 0 Å². The van der Waals surface area contributed by atoms with Crippen molar-refractivity contribution in [3.05, 3.63) is 48.0 Å². The highest BCUT2D eigenvalue weighted by molar-refractivity contribution is 5.94. The number of carbonyl (C=O) groups excluding carboxylic acids is 1. The fourth-order valence-corrected chi connectivity index (χ4v) is 2.89. The molecule has 8 nitrogen and oxygen atoms in total. The van der Waals surface area contributed by atoms with Crippen molar-refractivity contribution < 1.29 is 9.53 Å². The van der Waals surface area contributed by atoms with Crippen LogP contribution >= 0.6 is 0 Å². The zero-order chi connectivity index (χ0) is 15.8. The average molecular weight is 312 g/mol. The molecule has 1 atom stereocenters. The van der Waals surface area contributed by atoms with E-state index in [4.69, 9.17) is 4.74 Å². The maximum Gasteiger partial charge on any atom is 0.271 e. The highest BCUT2D eigenvalue weighted by Crippen LogP contribution is 2.21. The molecule has 0 bridgehead atoms. The van der Waals surface area contributed by atoms with Crippen LogP contribution in [0.1, 0.15) is 22.4 Å². The Morgan fingerprint density at radius 1 is 1.30 bits per heavy atom. The summed E-state index contributed by atoms with van der Waals surface area (Å²) in [7, 11) is 1.76. The molecular formula is C15H16N6O2. The van der Waals surface area contributed by atoms with E-state index in [2.05, 4.69) is 15.5 Å². The fourth-order valence-electron chi connectivity index (χ4n) is 2.89. The van der Waals surface area contributed by atoms with Gasteiger partial charge in [0.2, 0.25) is 0 Å². The van der Waals surface area contributed by atoms with Gasteiger partial charge in [0.1, 0.15) is 11.8 Å². The lowest BCUT2D eigenvalue weighted by Crippen LogP contribution is -2.43. The number of carbonyl (C=O) groups is 1. The van der Waals surface area contributed by atoms with E-state index in [1.165, 1.54) is 0 Å². The van der Waals surface area contributed by atoms with Gasteiger partial charge in [-0.05, 0) is 34.7 Å². The van der Waals surface area contributed by atoms with Crippen molar-refractivity contribution in [2.45, 2.75) is 6.10 Å². The second kappa shape index (κ2) is 5.47. The second-order valence-corrected chi connectivity index (χ2v) is 5.49. The zero-order valence-electron chi connectivity index (χ0n) is 12.7. The molecule has 4 heterocycles. The summed E-state index contributed by atoms with van der Waals surface area (Å²) in [6.07, 6.45) is 1.59. The minimum atomic E-state index is -0.307. The van der Waals surface area contributed by atoms with Crippen molar-refractivity contribution in [2.75, 3.05) is 19.7 Å². The van der Waals surface area contributed by atoms with Crippen molar-refractivity contribution in [3.63, 3.8) is 0 Å². The molecule has 1 amide bonds. The van der Waals surface area contributed by atoms with Crippen molar-refractivity contribution in [1.82, 2.24) is 29.5 Å². The molecule has 0 aliphatic carbocycles. The first kappa shape index (κ1) is 13.9. The fraction of sp³-hybridized carbons (Fsp3) is 0.333. The number of nitrogens with zero attached hydrogens (tertiary/aromatic N) is 6. The number of fused-ring (bicyclic) bond motifs is 1. The lowest BCUT2D eigenvalue weighted by Gasteiger charge is -2.32. The number of pyridine rings is 1. The van der Waals surface area contributed by atoms with E-state index in [0.29, 0.717) is 31.2 Å². The number of amides is 1. The van der Waals surface area contributed by atoms with E-state index < -0.39 is 0 Å². The van der Waals surface area contributed by atoms with Crippen LogP contribution in [0.5, 0.6) is 0 Å². The van der Waals surface area contributed by atoms with Gasteiger partial charge in [-0.25, -0.2) is 4.68 Å². The number of rotatable bonds is 2. The normalized spacial score (nSPS) is 18.5. The summed E-state index contributed by atoms with van der Waals surface area (Å²) < 4.78 is 9.20. The predicted molar refractivity (Wildman–Crippen MR) is 80.8 cm³/mol. The van der Waals surface area contributed by atoms with Gasteiger partial charge in [-0.3, -0.25) is 4.79 Å². The van der Waals surface area contributed by atoms with Crippen LogP contribution in [0.4, 0.5) is 0 Å². The first-order valence-corrected chi connectivity index (χ1v) is 7.43. The van der Waals surface area contributed by atoms with Crippen LogP contribution in [-0.4, -0.2) is 55.1 Å².